The van der Waals surface area contributed by atoms with E-state index in [2.05, 4.69) is 77.9 Å². The van der Waals surface area contributed by atoms with Crippen molar-refractivity contribution in [3.8, 4) is 11.5 Å². The summed E-state index contributed by atoms with van der Waals surface area (Å²) in [7, 11) is 12.6. The number of nitrogens with one attached hydrogen (secondary N) is 1. The third kappa shape index (κ3) is 10.6. The van der Waals surface area contributed by atoms with Gasteiger partial charge in [0.05, 0.1) is 20.5 Å². The van der Waals surface area contributed by atoms with Gasteiger partial charge in [-0.05, 0) is 134 Å². The van der Waals surface area contributed by atoms with Gasteiger partial charge in [-0.15, -0.1) is 13.2 Å². The minimum Gasteiger partial charge on any atom is -0.493 e. The van der Waals surface area contributed by atoms with E-state index in [1.165, 1.54) is 24.0 Å². The normalized spacial score (nSPS) is 27.0. The van der Waals surface area contributed by atoms with E-state index in [0.29, 0.717) is 72.3 Å². The predicted molar refractivity (Wildman–Crippen MR) is 218 cm³/mol. The average Bonchev–Trinajstić information content (AvgIpc) is 3.40. The van der Waals surface area contributed by atoms with Crippen molar-refractivity contribution in [1.82, 2.24) is 10.2 Å². The van der Waals surface area contributed by atoms with Gasteiger partial charge < -0.3 is 19.7 Å². The summed E-state index contributed by atoms with van der Waals surface area (Å²) < 4.78 is 25.2. The number of hydrogen-bond acceptors (Lipinski definition) is 6. The number of alkyl halides is 1. The standard InChI is InChI=1S/C33H50N2O4.C7H13B2FS.C2H4/c1-7-34-23-12-16-35(17-13-23)31(37)39-28-19-22-18-21(10-14-32(2,3)4)30-24(25(22)20-27(28)38-6)11-15-33(5)26(30)8-9-29(33)36;1-6(2,8)7(9,10)4-3-5-11;1-2/h19-21,23-24,26,30,34H,7-18H2,1-6H3;11H,3-5H2,1-2H3;1-2H2/t21-,24?,26?,30?,33?;;/m1../s1. The van der Waals surface area contributed by atoms with Crippen LogP contribution in [0.25, 0.3) is 0 Å². The first kappa shape index (κ1) is 44.5. The van der Waals surface area contributed by atoms with Crippen molar-refractivity contribution in [2.45, 2.75) is 142 Å². The van der Waals surface area contributed by atoms with Crippen molar-refractivity contribution in [2.75, 3.05) is 32.5 Å². The fourth-order valence-corrected chi connectivity index (χ4v) is 9.23. The van der Waals surface area contributed by atoms with Gasteiger partial charge in [-0.1, -0.05) is 48.5 Å². The van der Waals surface area contributed by atoms with Crippen LogP contribution in [0.4, 0.5) is 9.18 Å². The van der Waals surface area contributed by atoms with Crippen LogP contribution in [0.3, 0.4) is 0 Å². The Morgan fingerprint density at radius 3 is 2.29 bits per heavy atom. The smallest absolute Gasteiger partial charge is 0.415 e. The topological polar surface area (TPSA) is 67.9 Å². The van der Waals surface area contributed by atoms with Crippen LogP contribution in [-0.2, 0) is 11.2 Å². The van der Waals surface area contributed by atoms with E-state index in [-0.39, 0.29) is 23.3 Å². The quantitative estimate of drug-likeness (QED) is 0.142. The molecule has 1 saturated heterocycles. The Morgan fingerprint density at radius 2 is 1.73 bits per heavy atom. The number of ketones is 1. The molecule has 1 heterocycles. The number of ether oxygens (including phenoxy) is 2. The summed E-state index contributed by atoms with van der Waals surface area (Å²) in [5.74, 6) is 4.29. The van der Waals surface area contributed by atoms with E-state index in [1.807, 2.05) is 4.90 Å². The number of hydrogen-bond donors (Lipinski definition) is 2. The summed E-state index contributed by atoms with van der Waals surface area (Å²) in [6, 6.07) is 4.74. The lowest BCUT2D eigenvalue weighted by Crippen LogP contribution is -2.46. The molecule has 0 spiro atoms. The van der Waals surface area contributed by atoms with Crippen LogP contribution >= 0.6 is 12.6 Å². The Balaban J connectivity index is 0.000000482. The number of halogens is 1. The molecule has 3 fully saturated rings. The first-order valence-electron chi connectivity index (χ1n) is 19.7. The van der Waals surface area contributed by atoms with E-state index < -0.39 is 10.9 Å². The number of piperidine rings is 1. The molecule has 4 aliphatic rings. The molecule has 5 rings (SSSR count). The van der Waals surface area contributed by atoms with E-state index in [0.717, 1.165) is 51.5 Å². The molecule has 52 heavy (non-hydrogen) atoms. The number of thiol groups is 1. The van der Waals surface area contributed by atoms with Crippen molar-refractivity contribution in [1.29, 1.82) is 0 Å². The molecule has 288 valence electrons. The Morgan fingerprint density at radius 1 is 1.08 bits per heavy atom. The number of fused-ring (bicyclic) bond motifs is 5. The third-order valence-corrected chi connectivity index (χ3v) is 12.7. The van der Waals surface area contributed by atoms with Gasteiger partial charge in [-0.3, -0.25) is 9.18 Å². The Kier molecular flexibility index (Phi) is 15.9. The molecule has 0 bridgehead atoms. The van der Waals surface area contributed by atoms with Crippen molar-refractivity contribution in [3.05, 3.63) is 36.4 Å². The second kappa shape index (κ2) is 18.6. The summed E-state index contributed by atoms with van der Waals surface area (Å²) in [6.45, 7) is 22.9. The molecule has 1 amide bonds. The SMILES string of the molecule is C=C.CCNC1CCN(C(=O)Oc2cc3c(cc2OC)C2CCC4(C)C(=O)CCC4C2[C@H](CCC(C)(C)C)C3)CC1.[B]C(C)(C)C([B])(F)CCCS. The number of methoxy groups -OCH3 is 1. The number of nitrogens with zero attached hydrogens (tertiary/aromatic N) is 1. The minimum atomic E-state index is -1.78. The van der Waals surface area contributed by atoms with Gasteiger partial charge in [-0.25, -0.2) is 4.79 Å². The van der Waals surface area contributed by atoms with Crippen LogP contribution in [0.2, 0.25) is 5.31 Å². The van der Waals surface area contributed by atoms with E-state index in [9.17, 15) is 14.0 Å². The molecule has 1 aromatic rings. The minimum absolute atomic E-state index is 0.154. The molecule has 1 aliphatic heterocycles. The lowest BCUT2D eigenvalue weighted by atomic mass is 9.52. The highest BCUT2D eigenvalue weighted by Gasteiger charge is 2.57. The molecule has 2 saturated carbocycles. The summed E-state index contributed by atoms with van der Waals surface area (Å²) in [5.41, 5.74) is 1.00. The molecule has 3 aliphatic carbocycles. The van der Waals surface area contributed by atoms with E-state index in [4.69, 9.17) is 25.2 Å². The summed E-state index contributed by atoms with van der Waals surface area (Å²) in [5, 5.41) is 2.52. The number of Topliss-reactive ketones (excluding diaryl/α,β-unsaturated/α-hetero) is 1. The molecule has 6 atom stereocenters. The van der Waals surface area contributed by atoms with Crippen LogP contribution in [0, 0.1) is 28.6 Å². The van der Waals surface area contributed by atoms with Gasteiger partial charge in [-0.2, -0.15) is 12.6 Å². The fourth-order valence-electron chi connectivity index (χ4n) is 9.07. The number of likely N-dealkylation sites (tertiary alicyclic amines) is 1. The fraction of sp³-hybridized carbons (Fsp3) is 0.762. The van der Waals surface area contributed by atoms with Gasteiger partial charge in [0.2, 0.25) is 0 Å². The van der Waals surface area contributed by atoms with Crippen molar-refractivity contribution >= 4 is 40.2 Å². The maximum Gasteiger partial charge on any atom is 0.415 e. The Labute approximate surface area is 323 Å². The Bertz CT molecular complexity index is 1340. The molecule has 1 aromatic carbocycles. The van der Waals surface area contributed by atoms with Gasteiger partial charge in [0.1, 0.15) is 13.6 Å². The van der Waals surface area contributed by atoms with Crippen LogP contribution in [0.1, 0.15) is 130 Å². The van der Waals surface area contributed by atoms with E-state index in [1.54, 1.807) is 21.0 Å². The molecule has 1 N–H and O–H groups in total. The third-order valence-electron chi connectivity index (χ3n) is 12.4. The highest BCUT2D eigenvalue weighted by molar-refractivity contribution is 7.80. The molecular formula is C42H67B2FN2O4S. The highest BCUT2D eigenvalue weighted by atomic mass is 32.1. The number of carbonyl (C=O) groups is 2. The van der Waals surface area contributed by atoms with Gasteiger partial charge >= 0.3 is 6.09 Å². The first-order chi connectivity index (χ1) is 24.3. The molecule has 0 aromatic heterocycles. The Hall–Kier alpha value is -1.93. The van der Waals surface area contributed by atoms with Gasteiger partial charge in [0.25, 0.3) is 0 Å². The first-order valence-corrected chi connectivity index (χ1v) is 20.3. The zero-order valence-corrected chi connectivity index (χ0v) is 34.5. The van der Waals surface area contributed by atoms with E-state index >= 15 is 0 Å². The lowest BCUT2D eigenvalue weighted by molar-refractivity contribution is -0.130. The lowest BCUT2D eigenvalue weighted by Gasteiger charge is -2.52. The number of amides is 1. The molecule has 4 radical (unpaired) electrons. The monoisotopic (exact) mass is 736 g/mol. The van der Waals surface area contributed by atoms with Crippen LogP contribution in [0.15, 0.2) is 25.3 Å². The molecule has 10 heteroatoms. The molecule has 5 unspecified atom stereocenters. The maximum absolute atomic E-state index is 13.4. The molecular weight excluding hydrogens is 669 g/mol. The van der Waals surface area contributed by atoms with Gasteiger partial charge in [0.15, 0.2) is 11.5 Å². The van der Waals surface area contributed by atoms with Crippen molar-refractivity contribution < 1.29 is 23.5 Å². The summed E-state index contributed by atoms with van der Waals surface area (Å²) >= 11 is 3.97. The van der Waals surface area contributed by atoms with Gasteiger partial charge in [0, 0.05) is 31.0 Å². The van der Waals surface area contributed by atoms with Crippen molar-refractivity contribution in [2.24, 2.45) is 28.6 Å². The number of benzene rings is 1. The molecule has 6 nitrogen and oxygen atoms in total. The number of rotatable bonds is 10. The zero-order valence-electron chi connectivity index (χ0n) is 33.6. The maximum atomic E-state index is 13.4. The summed E-state index contributed by atoms with van der Waals surface area (Å²) in [6.07, 6.45) is 9.67. The average molecular weight is 737 g/mol. The van der Waals surface area contributed by atoms with Crippen LogP contribution in [0.5, 0.6) is 11.5 Å². The largest absolute Gasteiger partial charge is 0.493 e. The number of carbonyl (C=O) groups excluding carboxylic acids is 2. The highest BCUT2D eigenvalue weighted by Crippen LogP contribution is 2.62. The van der Waals surface area contributed by atoms with Crippen LogP contribution in [-0.4, -0.2) is 76.6 Å². The predicted octanol–water partition coefficient (Wildman–Crippen LogP) is 9.45. The zero-order chi connectivity index (χ0) is 39.1. The second-order valence-corrected chi connectivity index (χ2v) is 18.0. The summed E-state index contributed by atoms with van der Waals surface area (Å²) in [4.78, 5) is 28.0. The van der Waals surface area contributed by atoms with Crippen LogP contribution < -0.4 is 14.8 Å². The second-order valence-electron chi connectivity index (χ2n) is 17.6. The van der Waals surface area contributed by atoms with Crippen molar-refractivity contribution in [3.63, 3.8) is 0 Å².